The van der Waals surface area contributed by atoms with Crippen molar-refractivity contribution in [2.45, 2.75) is 38.6 Å². The van der Waals surface area contributed by atoms with E-state index in [2.05, 4.69) is 5.32 Å². The van der Waals surface area contributed by atoms with Gasteiger partial charge in [0.2, 0.25) is 5.91 Å². The summed E-state index contributed by atoms with van der Waals surface area (Å²) in [5.41, 5.74) is 4.80. The molecule has 1 aliphatic rings. The summed E-state index contributed by atoms with van der Waals surface area (Å²) in [4.78, 5) is 11.9. The predicted octanol–water partition coefficient (Wildman–Crippen LogP) is 0.0548. The number of carbonyl (C=O) groups is 1. The summed E-state index contributed by atoms with van der Waals surface area (Å²) in [5.74, 6) is 0.0350. The molecule has 0 aromatic carbocycles. The molecule has 0 saturated carbocycles. The van der Waals surface area contributed by atoms with Gasteiger partial charge in [0.1, 0.15) is 0 Å². The number of hydrogen-bond donors (Lipinski definition) is 2. The van der Waals surface area contributed by atoms with Crippen LogP contribution in [0.4, 0.5) is 0 Å². The van der Waals surface area contributed by atoms with Crippen LogP contribution in [0.15, 0.2) is 0 Å². The SMILES string of the molecule is CC(CCCN)C(=O)NC1(C)CCS(=O)(=O)C1. The monoisotopic (exact) mass is 262 g/mol. The Kier molecular flexibility index (Phi) is 4.55. The lowest BCUT2D eigenvalue weighted by atomic mass is 9.98. The number of sulfone groups is 1. The molecule has 6 heteroatoms. The van der Waals surface area contributed by atoms with Crippen molar-refractivity contribution < 1.29 is 13.2 Å². The van der Waals surface area contributed by atoms with Crippen molar-refractivity contribution in [2.24, 2.45) is 11.7 Å². The zero-order chi connectivity index (χ0) is 13.1. The second-order valence-electron chi connectivity index (χ2n) is 5.22. The van der Waals surface area contributed by atoms with Gasteiger partial charge in [0.05, 0.1) is 17.0 Å². The van der Waals surface area contributed by atoms with Crippen LogP contribution in [-0.2, 0) is 14.6 Å². The topological polar surface area (TPSA) is 89.3 Å². The predicted molar refractivity (Wildman–Crippen MR) is 67.3 cm³/mol. The average molecular weight is 262 g/mol. The Bertz CT molecular complexity index is 380. The van der Waals surface area contributed by atoms with Gasteiger partial charge in [0.15, 0.2) is 9.84 Å². The minimum absolute atomic E-state index is 0.0509. The molecule has 1 heterocycles. The van der Waals surface area contributed by atoms with Gasteiger partial charge in [-0.3, -0.25) is 4.79 Å². The van der Waals surface area contributed by atoms with Crippen molar-refractivity contribution >= 4 is 15.7 Å². The van der Waals surface area contributed by atoms with Crippen LogP contribution in [0.1, 0.15) is 33.1 Å². The van der Waals surface area contributed by atoms with E-state index < -0.39 is 15.4 Å². The molecule has 5 nitrogen and oxygen atoms in total. The fraction of sp³-hybridized carbons (Fsp3) is 0.909. The molecule has 1 saturated heterocycles. The van der Waals surface area contributed by atoms with Crippen molar-refractivity contribution in [1.82, 2.24) is 5.32 Å². The molecule has 1 amide bonds. The Morgan fingerprint density at radius 1 is 1.53 bits per heavy atom. The first-order valence-electron chi connectivity index (χ1n) is 6.00. The van der Waals surface area contributed by atoms with Gasteiger partial charge < -0.3 is 11.1 Å². The molecule has 3 N–H and O–H groups in total. The minimum Gasteiger partial charge on any atom is -0.350 e. The van der Waals surface area contributed by atoms with Crippen molar-refractivity contribution in [1.29, 1.82) is 0 Å². The summed E-state index contributed by atoms with van der Waals surface area (Å²) in [6.45, 7) is 4.21. The maximum Gasteiger partial charge on any atom is 0.223 e. The highest BCUT2D eigenvalue weighted by atomic mass is 32.2. The Morgan fingerprint density at radius 2 is 2.18 bits per heavy atom. The summed E-state index contributed by atoms with van der Waals surface area (Å²) in [7, 11) is -2.98. The molecule has 0 bridgehead atoms. The molecule has 1 rings (SSSR count). The third-order valence-corrected chi connectivity index (χ3v) is 5.12. The van der Waals surface area contributed by atoms with Crippen LogP contribution in [0.3, 0.4) is 0 Å². The maximum absolute atomic E-state index is 11.9. The van der Waals surface area contributed by atoms with Gasteiger partial charge in [-0.25, -0.2) is 8.42 Å². The van der Waals surface area contributed by atoms with Crippen LogP contribution < -0.4 is 11.1 Å². The minimum atomic E-state index is -2.98. The third kappa shape index (κ3) is 4.27. The van der Waals surface area contributed by atoms with E-state index in [1.807, 2.05) is 6.92 Å². The zero-order valence-electron chi connectivity index (χ0n) is 10.5. The highest BCUT2D eigenvalue weighted by molar-refractivity contribution is 7.91. The Balaban J connectivity index is 2.51. The lowest BCUT2D eigenvalue weighted by Crippen LogP contribution is -2.48. The highest BCUT2D eigenvalue weighted by Crippen LogP contribution is 2.23. The molecule has 2 unspecified atom stereocenters. The standard InChI is InChI=1S/C11H22N2O3S/c1-9(4-3-6-12)10(14)13-11(2)5-7-17(15,16)8-11/h9H,3-8,12H2,1-2H3,(H,13,14). The van der Waals surface area contributed by atoms with E-state index in [1.165, 1.54) is 0 Å². The van der Waals surface area contributed by atoms with Gasteiger partial charge in [-0.2, -0.15) is 0 Å². The summed E-state index contributed by atoms with van der Waals surface area (Å²) in [5, 5.41) is 2.86. The van der Waals surface area contributed by atoms with Crippen LogP contribution in [0, 0.1) is 5.92 Å². The molecule has 0 aliphatic carbocycles. The van der Waals surface area contributed by atoms with Crippen LogP contribution in [-0.4, -0.2) is 37.9 Å². The van der Waals surface area contributed by atoms with E-state index in [-0.39, 0.29) is 23.3 Å². The number of nitrogens with one attached hydrogen (secondary N) is 1. The van der Waals surface area contributed by atoms with E-state index in [4.69, 9.17) is 5.73 Å². The number of carbonyl (C=O) groups excluding carboxylic acids is 1. The molecule has 0 aromatic heterocycles. The first kappa shape index (κ1) is 14.4. The lowest BCUT2D eigenvalue weighted by Gasteiger charge is -2.26. The van der Waals surface area contributed by atoms with Crippen LogP contribution in [0.25, 0.3) is 0 Å². The van der Waals surface area contributed by atoms with Crippen molar-refractivity contribution in [3.05, 3.63) is 0 Å². The number of amides is 1. The number of rotatable bonds is 5. The Morgan fingerprint density at radius 3 is 2.65 bits per heavy atom. The van der Waals surface area contributed by atoms with Crippen molar-refractivity contribution in [3.63, 3.8) is 0 Å². The highest BCUT2D eigenvalue weighted by Gasteiger charge is 2.39. The molecule has 0 radical (unpaired) electrons. The number of nitrogens with two attached hydrogens (primary N) is 1. The fourth-order valence-electron chi connectivity index (χ4n) is 2.08. The maximum atomic E-state index is 11.9. The molecule has 2 atom stereocenters. The lowest BCUT2D eigenvalue weighted by molar-refractivity contribution is -0.126. The third-order valence-electron chi connectivity index (χ3n) is 3.22. The Labute approximate surface area is 103 Å². The van der Waals surface area contributed by atoms with Gasteiger partial charge in [0.25, 0.3) is 0 Å². The Hall–Kier alpha value is -0.620. The van der Waals surface area contributed by atoms with Gasteiger partial charge >= 0.3 is 0 Å². The molecule has 1 fully saturated rings. The summed E-state index contributed by atoms with van der Waals surface area (Å²) in [6, 6.07) is 0. The van der Waals surface area contributed by atoms with Crippen molar-refractivity contribution in [2.75, 3.05) is 18.1 Å². The van der Waals surface area contributed by atoms with Gasteiger partial charge in [0, 0.05) is 5.92 Å². The summed E-state index contributed by atoms with van der Waals surface area (Å²) >= 11 is 0. The van der Waals surface area contributed by atoms with Crippen LogP contribution >= 0.6 is 0 Å². The second-order valence-corrected chi connectivity index (χ2v) is 7.41. The molecular weight excluding hydrogens is 240 g/mol. The molecular formula is C11H22N2O3S. The van der Waals surface area contributed by atoms with Crippen LogP contribution in [0.5, 0.6) is 0 Å². The van der Waals surface area contributed by atoms with Crippen molar-refractivity contribution in [3.8, 4) is 0 Å². The summed E-state index contributed by atoms with van der Waals surface area (Å²) < 4.78 is 22.8. The second kappa shape index (κ2) is 5.35. The zero-order valence-corrected chi connectivity index (χ0v) is 11.3. The van der Waals surface area contributed by atoms with E-state index in [9.17, 15) is 13.2 Å². The van der Waals surface area contributed by atoms with Gasteiger partial charge in [-0.05, 0) is 32.7 Å². The fourth-order valence-corrected chi connectivity index (χ4v) is 4.18. The molecule has 1 aliphatic heterocycles. The molecule has 17 heavy (non-hydrogen) atoms. The molecule has 100 valence electrons. The molecule has 0 spiro atoms. The van der Waals surface area contributed by atoms with Gasteiger partial charge in [-0.1, -0.05) is 6.92 Å². The largest absolute Gasteiger partial charge is 0.350 e. The summed E-state index contributed by atoms with van der Waals surface area (Å²) in [6.07, 6.45) is 2.06. The van der Waals surface area contributed by atoms with E-state index in [0.717, 1.165) is 12.8 Å². The normalized spacial score (nSPS) is 28.9. The van der Waals surface area contributed by atoms with Gasteiger partial charge in [-0.15, -0.1) is 0 Å². The van der Waals surface area contributed by atoms with E-state index >= 15 is 0 Å². The quantitative estimate of drug-likeness (QED) is 0.733. The first-order valence-corrected chi connectivity index (χ1v) is 7.83. The van der Waals surface area contributed by atoms with E-state index in [1.54, 1.807) is 6.92 Å². The smallest absolute Gasteiger partial charge is 0.223 e. The van der Waals surface area contributed by atoms with Crippen LogP contribution in [0.2, 0.25) is 0 Å². The molecule has 0 aromatic rings. The van der Waals surface area contributed by atoms with E-state index in [0.29, 0.717) is 13.0 Å². The number of hydrogen-bond acceptors (Lipinski definition) is 4. The first-order chi connectivity index (χ1) is 7.78. The average Bonchev–Trinajstić information content (AvgIpc) is 2.49.